The van der Waals surface area contributed by atoms with E-state index < -0.39 is 23.3 Å². The Hall–Kier alpha value is -2.68. The summed E-state index contributed by atoms with van der Waals surface area (Å²) in [6.45, 7) is 9.65. The Morgan fingerprint density at radius 1 is 0.923 bits per heavy atom. The average molecular weight is 376 g/mol. The van der Waals surface area contributed by atoms with Crippen molar-refractivity contribution in [3.05, 3.63) is 25.3 Å². The van der Waals surface area contributed by atoms with Crippen LogP contribution in [0.5, 0.6) is 0 Å². The van der Waals surface area contributed by atoms with E-state index in [1.54, 1.807) is 13.8 Å². The molecular formula is C17H28O9. The third-order valence-corrected chi connectivity index (χ3v) is 2.42. The van der Waals surface area contributed by atoms with Gasteiger partial charge >= 0.3 is 23.9 Å². The van der Waals surface area contributed by atoms with Crippen LogP contribution in [0.2, 0.25) is 0 Å². The van der Waals surface area contributed by atoms with Crippen LogP contribution < -0.4 is 0 Å². The zero-order valence-corrected chi connectivity index (χ0v) is 15.1. The van der Waals surface area contributed by atoms with E-state index in [1.165, 1.54) is 0 Å². The van der Waals surface area contributed by atoms with Crippen molar-refractivity contribution in [1.82, 2.24) is 0 Å². The van der Waals surface area contributed by atoms with Gasteiger partial charge in [-0.3, -0.25) is 9.59 Å². The molecule has 0 atom stereocenters. The van der Waals surface area contributed by atoms with Crippen molar-refractivity contribution in [2.24, 2.45) is 5.41 Å². The minimum Gasteiger partial charge on any atom is -0.481 e. The fraction of sp³-hybridized carbons (Fsp3) is 0.529. The number of hydrogen-bond donors (Lipinski definition) is 4. The second kappa shape index (κ2) is 17.2. The Bertz CT molecular complexity index is 449. The molecule has 0 aromatic rings. The molecule has 0 aliphatic heterocycles. The molecule has 9 heteroatoms. The van der Waals surface area contributed by atoms with E-state index in [2.05, 4.69) is 13.2 Å². The highest BCUT2D eigenvalue weighted by Crippen LogP contribution is 2.14. The quantitative estimate of drug-likeness (QED) is 0.253. The van der Waals surface area contributed by atoms with Gasteiger partial charge in [0.2, 0.25) is 0 Å². The highest BCUT2D eigenvalue weighted by Gasteiger charge is 2.18. The Balaban J connectivity index is -0.000000433. The Morgan fingerprint density at radius 3 is 1.62 bits per heavy atom. The van der Waals surface area contributed by atoms with Crippen molar-refractivity contribution in [1.29, 1.82) is 0 Å². The van der Waals surface area contributed by atoms with Crippen LogP contribution in [0.15, 0.2) is 25.3 Å². The van der Waals surface area contributed by atoms with Gasteiger partial charge in [-0.2, -0.15) is 0 Å². The summed E-state index contributed by atoms with van der Waals surface area (Å²) in [5.41, 5.74) is -0.420. The summed E-state index contributed by atoms with van der Waals surface area (Å²) in [7, 11) is 0. The standard InChI is InChI=1S/C11H20O5.2C3H4O2/c1-11(2,7-12)8-16-10(15)6-4-3-5-9(13)14;2*1-2-3(4)5/h12H,3-8H2,1-2H3,(H,13,14);2*2H,1H2,(H,4,5). The summed E-state index contributed by atoms with van der Waals surface area (Å²) in [5.74, 6) is -3.16. The van der Waals surface area contributed by atoms with E-state index in [0.29, 0.717) is 12.8 Å². The number of unbranched alkanes of at least 4 members (excludes halogenated alkanes) is 1. The van der Waals surface area contributed by atoms with Crippen molar-refractivity contribution < 1.29 is 44.3 Å². The van der Waals surface area contributed by atoms with Gasteiger partial charge in [-0.15, -0.1) is 0 Å². The summed E-state index contributed by atoms with van der Waals surface area (Å²) in [5, 5.41) is 32.5. The molecule has 0 saturated carbocycles. The lowest BCUT2D eigenvalue weighted by molar-refractivity contribution is -0.148. The number of aliphatic hydroxyl groups is 1. The number of esters is 1. The van der Waals surface area contributed by atoms with Crippen LogP contribution in [0.1, 0.15) is 39.5 Å². The van der Waals surface area contributed by atoms with Crippen LogP contribution in [0.4, 0.5) is 0 Å². The first-order chi connectivity index (χ1) is 11.9. The molecule has 0 saturated heterocycles. The lowest BCUT2D eigenvalue weighted by atomic mass is 9.97. The molecule has 9 nitrogen and oxygen atoms in total. The normalized spacial score (nSPS) is 9.35. The molecule has 0 bridgehead atoms. The number of carbonyl (C=O) groups excluding carboxylic acids is 1. The minimum absolute atomic E-state index is 0.0424. The Labute approximate surface area is 152 Å². The van der Waals surface area contributed by atoms with E-state index in [4.69, 9.17) is 25.2 Å². The fourth-order valence-corrected chi connectivity index (χ4v) is 0.939. The summed E-state index contributed by atoms with van der Waals surface area (Å²) in [6.07, 6.45) is 2.97. The highest BCUT2D eigenvalue weighted by atomic mass is 16.5. The predicted molar refractivity (Wildman–Crippen MR) is 93.6 cm³/mol. The molecule has 0 heterocycles. The first kappa shape index (κ1) is 28.1. The van der Waals surface area contributed by atoms with Crippen LogP contribution >= 0.6 is 0 Å². The van der Waals surface area contributed by atoms with Gasteiger partial charge in [0.05, 0.1) is 13.2 Å². The van der Waals surface area contributed by atoms with Gasteiger partial charge in [0.1, 0.15) is 0 Å². The van der Waals surface area contributed by atoms with Gasteiger partial charge in [0.15, 0.2) is 0 Å². The summed E-state index contributed by atoms with van der Waals surface area (Å²) in [6, 6.07) is 0. The number of aliphatic hydroxyl groups excluding tert-OH is 1. The average Bonchev–Trinajstić information content (AvgIpc) is 2.57. The topological polar surface area (TPSA) is 158 Å². The zero-order chi connectivity index (χ0) is 21.2. The molecule has 0 amide bonds. The van der Waals surface area contributed by atoms with E-state index in [0.717, 1.165) is 12.2 Å². The number of aliphatic carboxylic acids is 3. The van der Waals surface area contributed by atoms with Gasteiger partial charge in [-0.25, -0.2) is 9.59 Å². The molecule has 0 aliphatic rings. The molecule has 150 valence electrons. The van der Waals surface area contributed by atoms with Crippen molar-refractivity contribution in [2.75, 3.05) is 13.2 Å². The van der Waals surface area contributed by atoms with E-state index >= 15 is 0 Å². The zero-order valence-electron chi connectivity index (χ0n) is 15.1. The van der Waals surface area contributed by atoms with Gasteiger partial charge in [-0.1, -0.05) is 27.0 Å². The molecule has 0 rings (SSSR count). The molecule has 0 aromatic carbocycles. The van der Waals surface area contributed by atoms with Gasteiger partial charge in [0, 0.05) is 30.4 Å². The molecular weight excluding hydrogens is 348 g/mol. The second-order valence-electron chi connectivity index (χ2n) is 5.67. The Morgan fingerprint density at radius 2 is 1.31 bits per heavy atom. The van der Waals surface area contributed by atoms with Crippen molar-refractivity contribution >= 4 is 23.9 Å². The van der Waals surface area contributed by atoms with Crippen LogP contribution in [0.25, 0.3) is 0 Å². The third-order valence-electron chi connectivity index (χ3n) is 2.42. The molecule has 0 aliphatic carbocycles. The van der Waals surface area contributed by atoms with E-state index in [1.807, 2.05) is 0 Å². The number of hydrogen-bond acceptors (Lipinski definition) is 6. The number of ether oxygens (including phenoxy) is 1. The third kappa shape index (κ3) is 29.3. The largest absolute Gasteiger partial charge is 0.481 e. The summed E-state index contributed by atoms with van der Waals surface area (Å²) < 4.78 is 4.96. The molecule has 0 unspecified atom stereocenters. The summed E-state index contributed by atoms with van der Waals surface area (Å²) in [4.78, 5) is 39.9. The smallest absolute Gasteiger partial charge is 0.327 e. The minimum atomic E-state index is -0.981. The van der Waals surface area contributed by atoms with E-state index in [-0.39, 0.29) is 32.0 Å². The molecule has 0 spiro atoms. The van der Waals surface area contributed by atoms with Gasteiger partial charge in [0.25, 0.3) is 0 Å². The van der Waals surface area contributed by atoms with Gasteiger partial charge < -0.3 is 25.2 Å². The van der Waals surface area contributed by atoms with Crippen LogP contribution in [0, 0.1) is 5.41 Å². The molecule has 0 aromatic heterocycles. The molecule has 26 heavy (non-hydrogen) atoms. The molecule has 0 radical (unpaired) electrons. The highest BCUT2D eigenvalue weighted by molar-refractivity contribution is 5.79. The Kier molecular flexibility index (Phi) is 18.6. The van der Waals surface area contributed by atoms with Crippen molar-refractivity contribution in [2.45, 2.75) is 39.5 Å². The SMILES string of the molecule is C=CC(=O)O.C=CC(=O)O.CC(C)(CO)COC(=O)CCCCC(=O)O. The molecule has 0 fully saturated rings. The maximum Gasteiger partial charge on any atom is 0.327 e. The maximum absolute atomic E-state index is 11.2. The van der Waals surface area contributed by atoms with E-state index in [9.17, 15) is 19.2 Å². The van der Waals surface area contributed by atoms with Crippen molar-refractivity contribution in [3.63, 3.8) is 0 Å². The lowest BCUT2D eigenvalue weighted by Crippen LogP contribution is -2.25. The van der Waals surface area contributed by atoms with Crippen LogP contribution in [-0.2, 0) is 23.9 Å². The number of carboxylic acid groups (broad SMARTS) is 3. The first-order valence-corrected chi connectivity index (χ1v) is 7.60. The van der Waals surface area contributed by atoms with Crippen molar-refractivity contribution in [3.8, 4) is 0 Å². The lowest BCUT2D eigenvalue weighted by Gasteiger charge is -2.20. The fourth-order valence-electron chi connectivity index (χ4n) is 0.939. The number of carboxylic acids is 3. The summed E-state index contributed by atoms with van der Waals surface area (Å²) >= 11 is 0. The van der Waals surface area contributed by atoms with Crippen LogP contribution in [-0.4, -0.2) is 57.5 Å². The predicted octanol–water partition coefficient (Wildman–Crippen LogP) is 1.71. The number of carbonyl (C=O) groups is 4. The first-order valence-electron chi connectivity index (χ1n) is 7.60. The maximum atomic E-state index is 11.2. The molecule has 4 N–H and O–H groups in total. The van der Waals surface area contributed by atoms with Gasteiger partial charge in [-0.05, 0) is 12.8 Å². The number of rotatable bonds is 10. The monoisotopic (exact) mass is 376 g/mol. The second-order valence-corrected chi connectivity index (χ2v) is 5.67. The van der Waals surface area contributed by atoms with Crippen LogP contribution in [0.3, 0.4) is 0 Å².